The first kappa shape index (κ1) is 19.1. The molecule has 0 aliphatic carbocycles. The van der Waals surface area contributed by atoms with Gasteiger partial charge in [0.25, 0.3) is 6.20 Å². The van der Waals surface area contributed by atoms with Crippen LogP contribution in [0.2, 0.25) is 5.15 Å². The van der Waals surface area contributed by atoms with Crippen molar-refractivity contribution in [1.29, 1.82) is 0 Å². The quantitative estimate of drug-likeness (QED) is 0.301. The van der Waals surface area contributed by atoms with Crippen LogP contribution in [-0.2, 0) is 9.47 Å². The number of nitro groups is 1. The normalized spacial score (nSPS) is 11.6. The fourth-order valence-electron chi connectivity index (χ4n) is 1.78. The summed E-state index contributed by atoms with van der Waals surface area (Å²) in [7, 11) is 1.68. The van der Waals surface area contributed by atoms with Gasteiger partial charge in [0, 0.05) is 20.3 Å². The summed E-state index contributed by atoms with van der Waals surface area (Å²) in [6, 6.07) is 3.33. The Morgan fingerprint density at radius 1 is 1.48 bits per heavy atom. The number of aromatic nitrogens is 1. The van der Waals surface area contributed by atoms with E-state index in [-0.39, 0.29) is 12.4 Å². The predicted molar refractivity (Wildman–Crippen MR) is 87.8 cm³/mol. The first-order chi connectivity index (χ1) is 11.0. The molecular formula is C14H21ClN4O4. The highest BCUT2D eigenvalue weighted by atomic mass is 35.5. The molecule has 0 saturated heterocycles. The molecule has 0 aromatic carbocycles. The smallest absolute Gasteiger partial charge is 0.274 e. The van der Waals surface area contributed by atoms with E-state index in [9.17, 15) is 10.1 Å². The van der Waals surface area contributed by atoms with Crippen LogP contribution in [0, 0.1) is 10.1 Å². The van der Waals surface area contributed by atoms with Crippen LogP contribution in [-0.4, -0.2) is 43.0 Å². The van der Waals surface area contributed by atoms with Gasteiger partial charge in [-0.05, 0) is 26.0 Å². The van der Waals surface area contributed by atoms with E-state index < -0.39 is 11.2 Å². The highest BCUT2D eigenvalue weighted by molar-refractivity contribution is 6.29. The van der Waals surface area contributed by atoms with Gasteiger partial charge in [-0.1, -0.05) is 11.6 Å². The van der Waals surface area contributed by atoms with Crippen molar-refractivity contribution in [1.82, 2.24) is 10.3 Å². The third-order valence-corrected chi connectivity index (χ3v) is 3.07. The molecule has 0 atom stereocenters. The summed E-state index contributed by atoms with van der Waals surface area (Å²) in [5.41, 5.74) is 0.652. The third kappa shape index (κ3) is 6.81. The van der Waals surface area contributed by atoms with E-state index in [0.29, 0.717) is 24.1 Å². The van der Waals surface area contributed by atoms with Gasteiger partial charge in [-0.15, -0.1) is 0 Å². The van der Waals surface area contributed by atoms with Crippen LogP contribution in [0.3, 0.4) is 0 Å². The number of ether oxygens (including phenoxy) is 2. The number of anilines is 1. The van der Waals surface area contributed by atoms with Crippen LogP contribution in [0.5, 0.6) is 0 Å². The van der Waals surface area contributed by atoms with Gasteiger partial charge in [0.05, 0.1) is 23.4 Å². The largest absolute Gasteiger partial charge is 0.361 e. The topological polar surface area (TPSA) is 89.8 Å². The number of nitrogens with one attached hydrogen (secondary N) is 1. The van der Waals surface area contributed by atoms with Gasteiger partial charge >= 0.3 is 0 Å². The SMILES string of the molecule is CCOC(CN/C(=C\[N+](=O)[O-])N(C)c1ccc(Cl)nc1)OCC. The van der Waals surface area contributed by atoms with Crippen LogP contribution >= 0.6 is 11.6 Å². The minimum atomic E-state index is -0.529. The van der Waals surface area contributed by atoms with Crippen molar-refractivity contribution in [2.24, 2.45) is 0 Å². The molecule has 0 fully saturated rings. The Kier molecular flexibility index (Phi) is 8.31. The van der Waals surface area contributed by atoms with Gasteiger partial charge in [-0.25, -0.2) is 4.98 Å². The number of pyridine rings is 1. The molecule has 1 heterocycles. The van der Waals surface area contributed by atoms with Crippen molar-refractivity contribution in [3.05, 3.63) is 45.6 Å². The molecule has 0 aliphatic rings. The Hall–Kier alpha value is -1.90. The van der Waals surface area contributed by atoms with Crippen molar-refractivity contribution >= 4 is 17.3 Å². The average Bonchev–Trinajstić information content (AvgIpc) is 2.51. The third-order valence-electron chi connectivity index (χ3n) is 2.84. The molecule has 0 saturated carbocycles. The first-order valence-electron chi connectivity index (χ1n) is 7.15. The molecule has 9 heteroatoms. The van der Waals surface area contributed by atoms with Gasteiger partial charge in [-0.3, -0.25) is 10.1 Å². The number of hydrogen-bond donors (Lipinski definition) is 1. The molecule has 1 N–H and O–H groups in total. The second-order valence-corrected chi connectivity index (χ2v) is 4.81. The van der Waals surface area contributed by atoms with E-state index in [1.54, 1.807) is 24.1 Å². The lowest BCUT2D eigenvalue weighted by atomic mass is 10.4. The number of rotatable bonds is 10. The summed E-state index contributed by atoms with van der Waals surface area (Å²) in [6.07, 6.45) is 1.92. The van der Waals surface area contributed by atoms with E-state index in [0.717, 1.165) is 6.20 Å². The van der Waals surface area contributed by atoms with Crippen LogP contribution < -0.4 is 10.2 Å². The molecule has 1 aromatic heterocycles. The van der Waals surface area contributed by atoms with Gasteiger partial charge < -0.3 is 19.7 Å². The number of hydrogen-bond acceptors (Lipinski definition) is 7. The maximum atomic E-state index is 10.9. The fraction of sp³-hybridized carbons (Fsp3) is 0.500. The molecular weight excluding hydrogens is 324 g/mol. The molecule has 23 heavy (non-hydrogen) atoms. The molecule has 0 spiro atoms. The molecule has 0 radical (unpaired) electrons. The number of halogens is 1. The zero-order chi connectivity index (χ0) is 17.2. The Labute approximate surface area is 140 Å². The summed E-state index contributed by atoms with van der Waals surface area (Å²) in [6.45, 7) is 4.94. The monoisotopic (exact) mass is 344 g/mol. The van der Waals surface area contributed by atoms with Crippen molar-refractivity contribution in [2.75, 3.05) is 31.7 Å². The predicted octanol–water partition coefficient (Wildman–Crippen LogP) is 2.24. The van der Waals surface area contributed by atoms with E-state index in [1.807, 2.05) is 13.8 Å². The second kappa shape index (κ2) is 9.98. The summed E-state index contributed by atoms with van der Waals surface area (Å²) in [4.78, 5) is 15.9. The van der Waals surface area contributed by atoms with Crippen molar-refractivity contribution < 1.29 is 14.4 Å². The number of nitrogens with zero attached hydrogens (tertiary/aromatic N) is 3. The summed E-state index contributed by atoms with van der Waals surface area (Å²) in [5, 5.41) is 14.2. The van der Waals surface area contributed by atoms with Gasteiger partial charge in [0.2, 0.25) is 0 Å². The molecule has 1 aromatic rings. The maximum Gasteiger partial charge on any atom is 0.274 e. The molecule has 1 rings (SSSR count). The second-order valence-electron chi connectivity index (χ2n) is 4.42. The van der Waals surface area contributed by atoms with Crippen LogP contribution in [0.1, 0.15) is 13.8 Å². The van der Waals surface area contributed by atoms with Crippen LogP contribution in [0.15, 0.2) is 30.4 Å². The summed E-state index contributed by atoms with van der Waals surface area (Å²) < 4.78 is 10.8. The van der Waals surface area contributed by atoms with Gasteiger partial charge in [-0.2, -0.15) is 0 Å². The first-order valence-corrected chi connectivity index (χ1v) is 7.53. The average molecular weight is 345 g/mol. The Balaban J connectivity index is 2.83. The summed E-state index contributed by atoms with van der Waals surface area (Å²) >= 11 is 5.75. The van der Waals surface area contributed by atoms with Gasteiger partial charge in [0.1, 0.15) is 5.15 Å². The highest BCUT2D eigenvalue weighted by Gasteiger charge is 2.15. The van der Waals surface area contributed by atoms with Crippen molar-refractivity contribution in [3.63, 3.8) is 0 Å². The van der Waals surface area contributed by atoms with E-state index >= 15 is 0 Å². The standard InChI is InChI=1S/C14H21ClN4O4/c1-4-22-14(23-5-2)9-17-13(10-19(20)21)18(3)11-6-7-12(15)16-8-11/h6-8,10,14,17H,4-5,9H2,1-3H3/b13-10+. The lowest BCUT2D eigenvalue weighted by Crippen LogP contribution is -2.37. The van der Waals surface area contributed by atoms with E-state index in [1.165, 1.54) is 6.20 Å². The lowest BCUT2D eigenvalue weighted by molar-refractivity contribution is -0.403. The molecule has 128 valence electrons. The minimum Gasteiger partial charge on any atom is -0.361 e. The Morgan fingerprint density at radius 3 is 2.61 bits per heavy atom. The minimum absolute atomic E-state index is 0.271. The zero-order valence-corrected chi connectivity index (χ0v) is 14.1. The van der Waals surface area contributed by atoms with Crippen LogP contribution in [0.25, 0.3) is 0 Å². The molecule has 0 unspecified atom stereocenters. The fourth-order valence-corrected chi connectivity index (χ4v) is 1.89. The molecule has 0 amide bonds. The molecule has 0 aliphatic heterocycles. The Bertz CT molecular complexity index is 518. The van der Waals surface area contributed by atoms with E-state index in [2.05, 4.69) is 10.3 Å². The van der Waals surface area contributed by atoms with Crippen molar-refractivity contribution in [3.8, 4) is 0 Å². The lowest BCUT2D eigenvalue weighted by Gasteiger charge is -2.24. The molecule has 0 bridgehead atoms. The van der Waals surface area contributed by atoms with Gasteiger partial charge in [0.15, 0.2) is 12.1 Å². The maximum absolute atomic E-state index is 10.9. The highest BCUT2D eigenvalue weighted by Crippen LogP contribution is 2.17. The molecule has 8 nitrogen and oxygen atoms in total. The van der Waals surface area contributed by atoms with E-state index in [4.69, 9.17) is 21.1 Å². The zero-order valence-electron chi connectivity index (χ0n) is 13.4. The Morgan fingerprint density at radius 2 is 2.13 bits per heavy atom. The summed E-state index contributed by atoms with van der Waals surface area (Å²) in [5.74, 6) is 0.281. The van der Waals surface area contributed by atoms with Crippen LogP contribution in [0.4, 0.5) is 5.69 Å². The van der Waals surface area contributed by atoms with Crippen molar-refractivity contribution in [2.45, 2.75) is 20.1 Å².